The molecule has 3 heterocycles. The van der Waals surface area contributed by atoms with Crippen LogP contribution < -0.4 is 9.47 Å². The number of methoxy groups -OCH3 is 1. The van der Waals surface area contributed by atoms with Gasteiger partial charge in [-0.05, 0) is 37.3 Å². The van der Waals surface area contributed by atoms with Gasteiger partial charge >= 0.3 is 5.97 Å². The molecule has 0 saturated heterocycles. The van der Waals surface area contributed by atoms with Crippen molar-refractivity contribution < 1.29 is 24.1 Å². The van der Waals surface area contributed by atoms with Gasteiger partial charge in [0.05, 0.1) is 35.8 Å². The number of imidazole rings is 2. The van der Waals surface area contributed by atoms with Gasteiger partial charge in [0.2, 0.25) is 0 Å². The first kappa shape index (κ1) is 22.9. The molecule has 2 N–H and O–H groups in total. The third-order valence-electron chi connectivity index (χ3n) is 5.62. The summed E-state index contributed by atoms with van der Waals surface area (Å²) in [5.74, 6) is 0.991. The number of esters is 1. The molecule has 2 aromatic carbocycles. The summed E-state index contributed by atoms with van der Waals surface area (Å²) in [6.45, 7) is 3.75. The smallest absolute Gasteiger partial charge is 0.345 e. The normalized spacial score (nSPS) is 13.5. The molecule has 2 aromatic heterocycles. The molecule has 1 aliphatic heterocycles. The zero-order valence-electron chi connectivity index (χ0n) is 19.3. The molecule has 4 aromatic rings. The Morgan fingerprint density at radius 2 is 2.00 bits per heavy atom. The number of aromatic amines is 1. The van der Waals surface area contributed by atoms with E-state index in [1.165, 1.54) is 18.9 Å². The first-order chi connectivity index (χ1) is 17.1. The Morgan fingerprint density at radius 3 is 2.77 bits per heavy atom. The van der Waals surface area contributed by atoms with Gasteiger partial charge in [0, 0.05) is 12.1 Å². The van der Waals surface area contributed by atoms with E-state index >= 15 is 0 Å². The second-order valence-electron chi connectivity index (χ2n) is 7.73. The number of aliphatic hydroxyl groups excluding tert-OH is 1. The average Bonchev–Trinajstić information content (AvgIpc) is 3.50. The number of aliphatic hydroxyl groups is 1. The number of ether oxygens (including phenoxy) is 3. The van der Waals surface area contributed by atoms with E-state index in [4.69, 9.17) is 14.2 Å². The van der Waals surface area contributed by atoms with Gasteiger partial charge in [-0.2, -0.15) is 0 Å². The molecule has 5 rings (SSSR count). The number of benzene rings is 2. The zero-order valence-corrected chi connectivity index (χ0v) is 20.1. The average molecular weight is 493 g/mol. The van der Waals surface area contributed by atoms with Crippen LogP contribution in [0.4, 0.5) is 0 Å². The molecule has 10 heteroatoms. The Kier molecular flexibility index (Phi) is 6.37. The van der Waals surface area contributed by atoms with Crippen molar-refractivity contribution in [3.63, 3.8) is 0 Å². The molecule has 9 nitrogen and oxygen atoms in total. The van der Waals surface area contributed by atoms with Crippen LogP contribution in [0.2, 0.25) is 0 Å². The Hall–Kier alpha value is -3.92. The molecule has 0 atom stereocenters. The van der Waals surface area contributed by atoms with Crippen molar-refractivity contribution >= 4 is 34.3 Å². The number of thioether (sulfide) groups is 1. The van der Waals surface area contributed by atoms with Crippen molar-refractivity contribution in [1.29, 1.82) is 0 Å². The van der Waals surface area contributed by atoms with Gasteiger partial charge < -0.3 is 28.9 Å². The van der Waals surface area contributed by atoms with Gasteiger partial charge in [-0.1, -0.05) is 23.9 Å². The predicted octanol–water partition coefficient (Wildman–Crippen LogP) is 4.45. The van der Waals surface area contributed by atoms with Crippen LogP contribution in [0.15, 0.2) is 59.6 Å². The van der Waals surface area contributed by atoms with Crippen LogP contribution in [0.3, 0.4) is 0 Å². The molecule has 0 spiro atoms. The molecule has 0 radical (unpaired) electrons. The maximum absolute atomic E-state index is 12.5. The minimum Gasteiger partial charge on any atom is -0.510 e. The van der Waals surface area contributed by atoms with Crippen LogP contribution in [0.25, 0.3) is 27.9 Å². The first-order valence-electron chi connectivity index (χ1n) is 11.1. The van der Waals surface area contributed by atoms with Gasteiger partial charge in [-0.15, -0.1) is 0 Å². The summed E-state index contributed by atoms with van der Waals surface area (Å²) in [7, 11) is 1.27. The van der Waals surface area contributed by atoms with Crippen molar-refractivity contribution in [1.82, 2.24) is 19.5 Å². The number of fused-ring (bicyclic) bond motifs is 2. The van der Waals surface area contributed by atoms with Crippen molar-refractivity contribution in [2.75, 3.05) is 26.1 Å². The third-order valence-corrected chi connectivity index (χ3v) is 6.62. The molecule has 0 fully saturated rings. The molecule has 0 aliphatic carbocycles. The van der Waals surface area contributed by atoms with E-state index in [2.05, 4.69) is 15.0 Å². The Labute approximate surface area is 205 Å². The fraction of sp³-hybridized carbons (Fsp3) is 0.240. The number of aromatic nitrogens is 4. The van der Waals surface area contributed by atoms with E-state index in [0.29, 0.717) is 36.2 Å². The highest BCUT2D eigenvalue weighted by Crippen LogP contribution is 2.36. The largest absolute Gasteiger partial charge is 0.510 e. The van der Waals surface area contributed by atoms with Crippen LogP contribution in [-0.4, -0.2) is 56.7 Å². The lowest BCUT2D eigenvalue weighted by atomic mass is 10.1. The van der Waals surface area contributed by atoms with E-state index in [1.54, 1.807) is 6.20 Å². The SMILES string of the molecule is CCn1c(-c2ccc3c(c2)OCCO3)cnc1SC/C(O)=C(\C(=O)OC)c1nc2ccccc2[nH]1. The van der Waals surface area contributed by atoms with Crippen LogP contribution in [0.1, 0.15) is 12.7 Å². The number of H-pyrrole nitrogens is 1. The summed E-state index contributed by atoms with van der Waals surface area (Å²) >= 11 is 1.32. The van der Waals surface area contributed by atoms with Gasteiger partial charge in [0.25, 0.3) is 0 Å². The van der Waals surface area contributed by atoms with Crippen molar-refractivity contribution in [3.05, 3.63) is 60.2 Å². The molecule has 1 aliphatic rings. The van der Waals surface area contributed by atoms with Crippen molar-refractivity contribution in [3.8, 4) is 22.8 Å². The van der Waals surface area contributed by atoms with Crippen LogP contribution in [-0.2, 0) is 16.1 Å². The molecule has 180 valence electrons. The molecular weight excluding hydrogens is 468 g/mol. The minimum atomic E-state index is -0.669. The van der Waals surface area contributed by atoms with Crippen LogP contribution in [0, 0.1) is 0 Å². The predicted molar refractivity (Wildman–Crippen MR) is 133 cm³/mol. The molecule has 0 amide bonds. The van der Waals surface area contributed by atoms with Gasteiger partial charge in [0.1, 0.15) is 30.4 Å². The first-order valence-corrected chi connectivity index (χ1v) is 12.1. The fourth-order valence-electron chi connectivity index (χ4n) is 3.94. The fourth-order valence-corrected chi connectivity index (χ4v) is 4.86. The van der Waals surface area contributed by atoms with Crippen molar-refractivity contribution in [2.24, 2.45) is 0 Å². The second kappa shape index (κ2) is 9.75. The summed E-state index contributed by atoms with van der Waals surface area (Å²) in [4.78, 5) is 24.6. The van der Waals surface area contributed by atoms with Crippen LogP contribution >= 0.6 is 11.8 Å². The highest BCUT2D eigenvalue weighted by molar-refractivity contribution is 7.99. The molecule has 0 bridgehead atoms. The maximum atomic E-state index is 12.5. The van der Waals surface area contributed by atoms with E-state index in [-0.39, 0.29) is 22.9 Å². The quantitative estimate of drug-likeness (QED) is 0.168. The van der Waals surface area contributed by atoms with Gasteiger partial charge in [-0.25, -0.2) is 14.8 Å². The number of carbonyl (C=O) groups is 1. The van der Waals surface area contributed by atoms with Crippen molar-refractivity contribution in [2.45, 2.75) is 18.6 Å². The van der Waals surface area contributed by atoms with E-state index in [0.717, 1.165) is 22.5 Å². The lowest BCUT2D eigenvalue weighted by Gasteiger charge is -2.19. The molecule has 0 unspecified atom stereocenters. The zero-order chi connectivity index (χ0) is 24.4. The third kappa shape index (κ3) is 4.44. The summed E-state index contributed by atoms with van der Waals surface area (Å²) < 4.78 is 18.3. The summed E-state index contributed by atoms with van der Waals surface area (Å²) in [6, 6.07) is 13.2. The number of hydrogen-bond donors (Lipinski definition) is 2. The number of nitrogens with zero attached hydrogens (tertiary/aromatic N) is 3. The van der Waals surface area contributed by atoms with Gasteiger partial charge in [0.15, 0.2) is 16.7 Å². The van der Waals surface area contributed by atoms with Crippen LogP contribution in [0.5, 0.6) is 11.5 Å². The molecular formula is C25H24N4O5S. The minimum absolute atomic E-state index is 0.00198. The Morgan fingerprint density at radius 1 is 1.20 bits per heavy atom. The summed E-state index contributed by atoms with van der Waals surface area (Å²) in [5, 5.41) is 11.6. The van der Waals surface area contributed by atoms with E-state index in [1.807, 2.05) is 54.0 Å². The topological polar surface area (TPSA) is 111 Å². The number of nitrogens with one attached hydrogen (secondary N) is 1. The van der Waals surface area contributed by atoms with Gasteiger partial charge in [-0.3, -0.25) is 0 Å². The number of para-hydroxylation sites is 2. The number of carbonyl (C=O) groups excluding carboxylic acids is 1. The lowest BCUT2D eigenvalue weighted by Crippen LogP contribution is -2.15. The highest BCUT2D eigenvalue weighted by atomic mass is 32.2. The Bertz CT molecular complexity index is 1390. The maximum Gasteiger partial charge on any atom is 0.345 e. The monoisotopic (exact) mass is 492 g/mol. The number of hydrogen-bond acceptors (Lipinski definition) is 8. The van der Waals surface area contributed by atoms with E-state index < -0.39 is 5.97 Å². The Balaban J connectivity index is 1.42. The highest BCUT2D eigenvalue weighted by Gasteiger charge is 2.23. The standard InChI is InChI=1S/C25H24N4O5S/c1-3-29-18(15-8-9-20-21(12-15)34-11-10-33-20)13-26-25(29)35-14-19(30)22(24(31)32-2)23-27-16-6-4-5-7-17(16)28-23/h4-9,12-13,30H,3,10-11,14H2,1-2H3,(H,27,28)/b22-19+. The molecule has 35 heavy (non-hydrogen) atoms. The van der Waals surface area contributed by atoms with E-state index in [9.17, 15) is 9.90 Å². The number of rotatable bonds is 7. The second-order valence-corrected chi connectivity index (χ2v) is 8.68. The summed E-state index contributed by atoms with van der Waals surface area (Å²) in [6.07, 6.45) is 1.79. The lowest BCUT2D eigenvalue weighted by molar-refractivity contribution is -0.133. The molecule has 0 saturated carbocycles. The summed E-state index contributed by atoms with van der Waals surface area (Å²) in [5.41, 5.74) is 3.32.